The number of rotatable bonds is 4. The van der Waals surface area contributed by atoms with Gasteiger partial charge in [0.15, 0.2) is 0 Å². The molecule has 22 heavy (non-hydrogen) atoms. The average molecular weight is 380 g/mol. The summed E-state index contributed by atoms with van der Waals surface area (Å²) < 4.78 is 8.80. The first-order valence-corrected chi connectivity index (χ1v) is 8.43. The van der Waals surface area contributed by atoms with Crippen molar-refractivity contribution in [1.82, 2.24) is 9.38 Å². The van der Waals surface area contributed by atoms with Crippen LogP contribution in [-0.2, 0) is 5.88 Å². The maximum absolute atomic E-state index is 6.21. The SMILES string of the molecule is CCOc1ccccc1-c1nc2cc(C)c(Br)cn2c1CCl. The van der Waals surface area contributed by atoms with E-state index >= 15 is 0 Å². The number of alkyl halides is 1. The minimum Gasteiger partial charge on any atom is -0.493 e. The highest BCUT2D eigenvalue weighted by molar-refractivity contribution is 9.10. The van der Waals surface area contributed by atoms with Crippen molar-refractivity contribution >= 4 is 33.2 Å². The third-order valence-corrected chi connectivity index (χ3v) is 4.65. The molecule has 0 amide bonds. The lowest BCUT2D eigenvalue weighted by Crippen LogP contribution is -1.96. The van der Waals surface area contributed by atoms with E-state index in [2.05, 4.69) is 15.9 Å². The molecule has 114 valence electrons. The van der Waals surface area contributed by atoms with Gasteiger partial charge in [-0.2, -0.15) is 0 Å². The molecule has 0 bridgehead atoms. The zero-order chi connectivity index (χ0) is 15.7. The van der Waals surface area contributed by atoms with Crippen molar-refractivity contribution in [3.63, 3.8) is 0 Å². The molecule has 0 fully saturated rings. The van der Waals surface area contributed by atoms with Crippen molar-refractivity contribution < 1.29 is 4.74 Å². The molecule has 0 N–H and O–H groups in total. The highest BCUT2D eigenvalue weighted by Gasteiger charge is 2.17. The number of pyridine rings is 1. The lowest BCUT2D eigenvalue weighted by Gasteiger charge is -2.09. The molecular formula is C17H16BrClN2O. The number of aryl methyl sites for hydroxylation is 1. The van der Waals surface area contributed by atoms with Crippen LogP contribution < -0.4 is 4.74 Å². The van der Waals surface area contributed by atoms with Gasteiger partial charge in [-0.15, -0.1) is 11.6 Å². The van der Waals surface area contributed by atoms with E-state index in [9.17, 15) is 0 Å². The van der Waals surface area contributed by atoms with Gasteiger partial charge < -0.3 is 9.14 Å². The second-order valence-corrected chi connectivity index (χ2v) is 6.12. The second kappa shape index (κ2) is 6.31. The van der Waals surface area contributed by atoms with E-state index in [-0.39, 0.29) is 0 Å². The Morgan fingerprint density at radius 1 is 1.32 bits per heavy atom. The van der Waals surface area contributed by atoms with Gasteiger partial charge in [0.2, 0.25) is 0 Å². The molecule has 1 aromatic carbocycles. The summed E-state index contributed by atoms with van der Waals surface area (Å²) in [6.07, 6.45) is 2.02. The first kappa shape index (κ1) is 15.4. The Bertz CT molecular complexity index is 829. The third-order valence-electron chi connectivity index (χ3n) is 3.57. The van der Waals surface area contributed by atoms with Crippen LogP contribution >= 0.6 is 27.5 Å². The van der Waals surface area contributed by atoms with E-state index in [1.807, 2.05) is 54.8 Å². The molecule has 5 heteroatoms. The van der Waals surface area contributed by atoms with Crippen LogP contribution in [0.15, 0.2) is 41.0 Å². The summed E-state index contributed by atoms with van der Waals surface area (Å²) in [6.45, 7) is 4.64. The summed E-state index contributed by atoms with van der Waals surface area (Å²) in [5.74, 6) is 1.21. The molecule has 2 heterocycles. The molecule has 3 rings (SSSR count). The van der Waals surface area contributed by atoms with Crippen molar-refractivity contribution in [2.24, 2.45) is 0 Å². The molecule has 0 aliphatic heterocycles. The number of nitrogens with zero attached hydrogens (tertiary/aromatic N) is 2. The fourth-order valence-corrected chi connectivity index (χ4v) is 3.07. The molecule has 3 nitrogen and oxygen atoms in total. The van der Waals surface area contributed by atoms with Gasteiger partial charge in [-0.3, -0.25) is 0 Å². The Balaban J connectivity index is 2.27. The Kier molecular flexibility index (Phi) is 4.41. The smallest absolute Gasteiger partial charge is 0.138 e. The van der Waals surface area contributed by atoms with Crippen molar-refractivity contribution in [1.29, 1.82) is 0 Å². The minimum atomic E-state index is 0.381. The van der Waals surface area contributed by atoms with Crippen molar-refractivity contribution in [2.75, 3.05) is 6.61 Å². The predicted molar refractivity (Wildman–Crippen MR) is 93.8 cm³/mol. The summed E-state index contributed by atoms with van der Waals surface area (Å²) in [5.41, 5.74) is 4.83. The van der Waals surface area contributed by atoms with E-state index < -0.39 is 0 Å². The Morgan fingerprint density at radius 2 is 2.09 bits per heavy atom. The van der Waals surface area contributed by atoms with E-state index in [1.165, 1.54) is 0 Å². The summed E-state index contributed by atoms with van der Waals surface area (Å²) in [4.78, 5) is 4.78. The number of fused-ring (bicyclic) bond motifs is 1. The van der Waals surface area contributed by atoms with Crippen molar-refractivity contribution in [3.05, 3.63) is 52.3 Å². The second-order valence-electron chi connectivity index (χ2n) is 5.00. The first-order valence-electron chi connectivity index (χ1n) is 7.11. The van der Waals surface area contributed by atoms with Gasteiger partial charge in [0.25, 0.3) is 0 Å². The van der Waals surface area contributed by atoms with Crippen molar-refractivity contribution in [3.8, 4) is 17.0 Å². The monoisotopic (exact) mass is 378 g/mol. The van der Waals surface area contributed by atoms with E-state index in [1.54, 1.807) is 0 Å². The van der Waals surface area contributed by atoms with Crippen LogP contribution in [0.2, 0.25) is 0 Å². The normalized spacial score (nSPS) is 11.1. The number of hydrogen-bond donors (Lipinski definition) is 0. The fraction of sp³-hybridized carbons (Fsp3) is 0.235. The standard InChI is InChI=1S/C17H16BrClN2O/c1-3-22-15-7-5-4-6-12(15)17-14(9-19)21-10-13(18)11(2)8-16(21)20-17/h4-8,10H,3,9H2,1-2H3. The van der Waals surface area contributed by atoms with E-state index in [0.29, 0.717) is 12.5 Å². The molecule has 0 aliphatic rings. The minimum absolute atomic E-state index is 0.381. The number of imidazole rings is 1. The molecular weight excluding hydrogens is 364 g/mol. The highest BCUT2D eigenvalue weighted by atomic mass is 79.9. The number of hydrogen-bond acceptors (Lipinski definition) is 2. The van der Waals surface area contributed by atoms with Gasteiger partial charge in [0.05, 0.1) is 23.9 Å². The fourth-order valence-electron chi connectivity index (χ4n) is 2.50. The molecule has 0 unspecified atom stereocenters. The van der Waals surface area contributed by atoms with Gasteiger partial charge in [0, 0.05) is 16.2 Å². The lowest BCUT2D eigenvalue weighted by atomic mass is 10.1. The summed E-state index contributed by atoms with van der Waals surface area (Å²) in [5, 5.41) is 0. The Labute approximate surface area is 143 Å². The van der Waals surface area contributed by atoms with Crippen LogP contribution in [0.25, 0.3) is 16.9 Å². The maximum atomic E-state index is 6.21. The molecule has 0 atom stereocenters. The van der Waals surface area contributed by atoms with Crippen LogP contribution in [0.3, 0.4) is 0 Å². The first-order chi connectivity index (χ1) is 10.7. The zero-order valence-electron chi connectivity index (χ0n) is 12.4. The van der Waals surface area contributed by atoms with Gasteiger partial charge in [-0.1, -0.05) is 12.1 Å². The Morgan fingerprint density at radius 3 is 2.82 bits per heavy atom. The lowest BCUT2D eigenvalue weighted by molar-refractivity contribution is 0.341. The maximum Gasteiger partial charge on any atom is 0.138 e. The number of benzene rings is 1. The zero-order valence-corrected chi connectivity index (χ0v) is 14.8. The predicted octanol–water partition coefficient (Wildman–Crippen LogP) is 5.21. The topological polar surface area (TPSA) is 26.5 Å². The number of ether oxygens (including phenoxy) is 1. The molecule has 0 aliphatic carbocycles. The molecule has 0 radical (unpaired) electrons. The van der Waals surface area contributed by atoms with E-state index in [0.717, 1.165) is 38.4 Å². The molecule has 0 saturated heterocycles. The van der Waals surface area contributed by atoms with Crippen LogP contribution in [-0.4, -0.2) is 16.0 Å². The third kappa shape index (κ3) is 2.61. The number of para-hydroxylation sites is 1. The number of aromatic nitrogens is 2. The molecule has 0 saturated carbocycles. The van der Waals surface area contributed by atoms with Crippen LogP contribution in [0.1, 0.15) is 18.2 Å². The summed E-state index contributed by atoms with van der Waals surface area (Å²) >= 11 is 9.78. The molecule has 2 aromatic heterocycles. The largest absolute Gasteiger partial charge is 0.493 e. The van der Waals surface area contributed by atoms with E-state index in [4.69, 9.17) is 21.3 Å². The summed E-state index contributed by atoms with van der Waals surface area (Å²) in [7, 11) is 0. The van der Waals surface area contributed by atoms with Crippen molar-refractivity contribution in [2.45, 2.75) is 19.7 Å². The molecule has 0 spiro atoms. The number of halogens is 2. The van der Waals surface area contributed by atoms with Crippen LogP contribution in [0.4, 0.5) is 0 Å². The van der Waals surface area contributed by atoms with Gasteiger partial charge in [-0.25, -0.2) is 4.98 Å². The Hall–Kier alpha value is -1.52. The van der Waals surface area contributed by atoms with Gasteiger partial charge >= 0.3 is 0 Å². The quantitative estimate of drug-likeness (QED) is 0.582. The molecule has 3 aromatic rings. The summed E-state index contributed by atoms with van der Waals surface area (Å²) in [6, 6.07) is 9.98. The van der Waals surface area contributed by atoms with Crippen LogP contribution in [0.5, 0.6) is 5.75 Å². The van der Waals surface area contributed by atoms with Crippen LogP contribution in [0, 0.1) is 6.92 Å². The highest BCUT2D eigenvalue weighted by Crippen LogP contribution is 2.34. The average Bonchev–Trinajstić information content (AvgIpc) is 2.86. The van der Waals surface area contributed by atoms with Gasteiger partial charge in [0.1, 0.15) is 11.4 Å². The van der Waals surface area contributed by atoms with Gasteiger partial charge in [-0.05, 0) is 53.5 Å².